The molecule has 0 aromatic rings. The minimum absolute atomic E-state index is 0.293. The zero-order valence-electron chi connectivity index (χ0n) is 9.25. The highest BCUT2D eigenvalue weighted by Gasteiger charge is 2.38. The molecule has 2 aliphatic rings. The molecule has 14 heavy (non-hydrogen) atoms. The summed E-state index contributed by atoms with van der Waals surface area (Å²) in [5, 5.41) is 0. The zero-order valence-corrected chi connectivity index (χ0v) is 9.25. The van der Waals surface area contributed by atoms with Gasteiger partial charge in [-0.15, -0.1) is 0 Å². The van der Waals surface area contributed by atoms with Gasteiger partial charge in [-0.05, 0) is 43.4 Å². The Morgan fingerprint density at radius 2 is 2.29 bits per heavy atom. The van der Waals surface area contributed by atoms with Crippen molar-refractivity contribution in [2.45, 2.75) is 46.0 Å². The highest BCUT2D eigenvalue weighted by Crippen LogP contribution is 2.48. The number of carbonyl (C=O) groups excluding carboxylic acids is 1. The van der Waals surface area contributed by atoms with Crippen LogP contribution in [-0.2, 0) is 4.79 Å². The number of hydrogen-bond acceptors (Lipinski definition) is 1. The van der Waals surface area contributed by atoms with Gasteiger partial charge >= 0.3 is 0 Å². The molecule has 2 atom stereocenters. The summed E-state index contributed by atoms with van der Waals surface area (Å²) in [4.78, 5) is 10.8. The second-order valence-corrected chi connectivity index (χ2v) is 5.54. The van der Waals surface area contributed by atoms with Gasteiger partial charge in [0.05, 0.1) is 0 Å². The number of aldehydes is 1. The molecule has 0 aliphatic heterocycles. The van der Waals surface area contributed by atoms with Crippen LogP contribution in [0, 0.1) is 17.3 Å². The number of rotatable bonds is 1. The molecule has 0 radical (unpaired) electrons. The van der Waals surface area contributed by atoms with Gasteiger partial charge in [0.25, 0.3) is 0 Å². The van der Waals surface area contributed by atoms with Crippen LogP contribution >= 0.6 is 0 Å². The lowest BCUT2D eigenvalue weighted by Gasteiger charge is -2.43. The van der Waals surface area contributed by atoms with Crippen LogP contribution in [0.5, 0.6) is 0 Å². The van der Waals surface area contributed by atoms with E-state index in [9.17, 15) is 4.79 Å². The molecular weight excluding hydrogens is 172 g/mol. The first-order valence-electron chi connectivity index (χ1n) is 5.78. The third-order valence-corrected chi connectivity index (χ3v) is 4.09. The highest BCUT2D eigenvalue weighted by molar-refractivity contribution is 5.54. The van der Waals surface area contributed by atoms with Crippen LogP contribution in [-0.4, -0.2) is 6.29 Å². The quantitative estimate of drug-likeness (QED) is 0.460. The molecule has 2 aliphatic carbocycles. The van der Waals surface area contributed by atoms with Crippen molar-refractivity contribution in [1.29, 1.82) is 0 Å². The molecule has 0 heterocycles. The number of fused-ring (bicyclic) bond motifs is 1. The number of carbonyl (C=O) groups is 1. The summed E-state index contributed by atoms with van der Waals surface area (Å²) in [6.45, 7) is 4.72. The van der Waals surface area contributed by atoms with E-state index >= 15 is 0 Å². The Balaban J connectivity index is 2.21. The van der Waals surface area contributed by atoms with Gasteiger partial charge in [-0.2, -0.15) is 0 Å². The molecule has 0 aromatic heterocycles. The molecule has 2 unspecified atom stereocenters. The summed E-state index contributed by atoms with van der Waals surface area (Å²) >= 11 is 0. The lowest BCUT2D eigenvalue weighted by atomic mass is 9.61. The first-order chi connectivity index (χ1) is 6.63. The topological polar surface area (TPSA) is 17.1 Å². The molecule has 78 valence electrons. The fraction of sp³-hybridized carbons (Fsp3) is 0.769. The van der Waals surface area contributed by atoms with Crippen molar-refractivity contribution in [3.63, 3.8) is 0 Å². The Labute approximate surface area is 86.6 Å². The van der Waals surface area contributed by atoms with Gasteiger partial charge in [-0.1, -0.05) is 25.5 Å². The summed E-state index contributed by atoms with van der Waals surface area (Å²) in [6.07, 6.45) is 9.52. The molecule has 0 spiro atoms. The summed E-state index contributed by atoms with van der Waals surface area (Å²) < 4.78 is 0. The maximum absolute atomic E-state index is 10.8. The van der Waals surface area contributed by atoms with E-state index in [2.05, 4.69) is 19.9 Å². The summed E-state index contributed by atoms with van der Waals surface area (Å²) in [7, 11) is 0. The van der Waals surface area contributed by atoms with E-state index in [0.29, 0.717) is 17.3 Å². The van der Waals surface area contributed by atoms with Crippen molar-refractivity contribution in [3.8, 4) is 0 Å². The number of hydrogen-bond donors (Lipinski definition) is 0. The highest BCUT2D eigenvalue weighted by atomic mass is 16.1. The summed E-state index contributed by atoms with van der Waals surface area (Å²) in [6, 6.07) is 0. The van der Waals surface area contributed by atoms with Crippen molar-refractivity contribution in [2.75, 3.05) is 0 Å². The van der Waals surface area contributed by atoms with E-state index in [1.807, 2.05) is 0 Å². The number of allylic oxidation sites excluding steroid dienone is 2. The van der Waals surface area contributed by atoms with Crippen molar-refractivity contribution >= 4 is 6.29 Å². The van der Waals surface area contributed by atoms with Gasteiger partial charge in [-0.25, -0.2) is 0 Å². The predicted octanol–water partition coefficient (Wildman–Crippen LogP) is 3.35. The van der Waals surface area contributed by atoms with Gasteiger partial charge in [0.1, 0.15) is 6.29 Å². The van der Waals surface area contributed by atoms with Crippen LogP contribution in [0.4, 0.5) is 0 Å². The van der Waals surface area contributed by atoms with Gasteiger partial charge in [-0.3, -0.25) is 0 Å². The Hall–Kier alpha value is -0.590. The van der Waals surface area contributed by atoms with Gasteiger partial charge in [0, 0.05) is 5.92 Å². The first kappa shape index (κ1) is 9.95. The van der Waals surface area contributed by atoms with Crippen LogP contribution < -0.4 is 0 Å². The van der Waals surface area contributed by atoms with E-state index < -0.39 is 0 Å². The van der Waals surface area contributed by atoms with Crippen molar-refractivity contribution in [3.05, 3.63) is 11.6 Å². The molecule has 0 amide bonds. The van der Waals surface area contributed by atoms with Crippen molar-refractivity contribution < 1.29 is 4.79 Å². The van der Waals surface area contributed by atoms with E-state index in [4.69, 9.17) is 0 Å². The van der Waals surface area contributed by atoms with Crippen molar-refractivity contribution in [1.82, 2.24) is 0 Å². The monoisotopic (exact) mass is 192 g/mol. The Kier molecular flexibility index (Phi) is 2.50. The van der Waals surface area contributed by atoms with Crippen LogP contribution in [0.2, 0.25) is 0 Å². The predicted molar refractivity (Wildman–Crippen MR) is 58.0 cm³/mol. The Morgan fingerprint density at radius 3 is 3.00 bits per heavy atom. The Bertz CT molecular complexity index is 262. The molecular formula is C13H20O. The van der Waals surface area contributed by atoms with Gasteiger partial charge < -0.3 is 4.79 Å². The molecule has 1 fully saturated rings. The lowest BCUT2D eigenvalue weighted by molar-refractivity contribution is -0.111. The molecule has 1 nitrogen and oxygen atoms in total. The fourth-order valence-corrected chi connectivity index (χ4v) is 3.13. The van der Waals surface area contributed by atoms with E-state index in [-0.39, 0.29) is 0 Å². The standard InChI is InChI=1S/C13H20O/c1-13(2)7-3-4-11-6-5-10(9-14)8-12(11)13/h6,9-10,12H,3-5,7-8H2,1-2H3. The lowest BCUT2D eigenvalue weighted by Crippen LogP contribution is -2.33. The SMILES string of the molecule is CC1(C)CCCC2=CCC(C=O)CC21. The van der Waals surface area contributed by atoms with Crippen LogP contribution in [0.3, 0.4) is 0 Å². The van der Waals surface area contributed by atoms with E-state index in [1.165, 1.54) is 19.3 Å². The fourth-order valence-electron chi connectivity index (χ4n) is 3.13. The first-order valence-corrected chi connectivity index (χ1v) is 5.78. The van der Waals surface area contributed by atoms with E-state index in [1.54, 1.807) is 5.57 Å². The minimum Gasteiger partial charge on any atom is -0.303 e. The third kappa shape index (κ3) is 1.65. The van der Waals surface area contributed by atoms with E-state index in [0.717, 1.165) is 19.1 Å². The maximum atomic E-state index is 10.8. The minimum atomic E-state index is 0.293. The smallest absolute Gasteiger partial charge is 0.123 e. The van der Waals surface area contributed by atoms with Gasteiger partial charge in [0.15, 0.2) is 0 Å². The van der Waals surface area contributed by atoms with Crippen molar-refractivity contribution in [2.24, 2.45) is 17.3 Å². The molecule has 2 rings (SSSR count). The molecule has 0 aromatic carbocycles. The molecule has 0 bridgehead atoms. The average molecular weight is 192 g/mol. The van der Waals surface area contributed by atoms with Crippen LogP contribution in [0.25, 0.3) is 0 Å². The Morgan fingerprint density at radius 1 is 1.50 bits per heavy atom. The largest absolute Gasteiger partial charge is 0.303 e. The van der Waals surface area contributed by atoms with Crippen LogP contribution in [0.15, 0.2) is 11.6 Å². The van der Waals surface area contributed by atoms with Crippen LogP contribution in [0.1, 0.15) is 46.0 Å². The molecule has 1 heteroatoms. The normalized spacial score (nSPS) is 35.7. The zero-order chi connectivity index (χ0) is 10.2. The maximum Gasteiger partial charge on any atom is 0.123 e. The second-order valence-electron chi connectivity index (χ2n) is 5.54. The average Bonchev–Trinajstić information content (AvgIpc) is 2.17. The molecule has 0 saturated heterocycles. The second kappa shape index (κ2) is 3.52. The summed E-state index contributed by atoms with van der Waals surface area (Å²) in [5.41, 5.74) is 2.06. The van der Waals surface area contributed by atoms with Gasteiger partial charge in [0.2, 0.25) is 0 Å². The summed E-state index contributed by atoms with van der Waals surface area (Å²) in [5.74, 6) is 0.973. The third-order valence-electron chi connectivity index (χ3n) is 4.09. The molecule has 0 N–H and O–H groups in total. The molecule has 1 saturated carbocycles.